The molecule has 0 aliphatic heterocycles. The molecule has 0 atom stereocenters. The molecule has 0 saturated heterocycles. The van der Waals surface area contributed by atoms with E-state index in [1.165, 1.54) is 44.9 Å². The van der Waals surface area contributed by atoms with Gasteiger partial charge < -0.3 is 11.1 Å². The molecule has 3 rings (SSSR count). The van der Waals surface area contributed by atoms with Crippen LogP contribution < -0.4 is 11.1 Å². The zero-order valence-electron chi connectivity index (χ0n) is 12.0. The maximum absolute atomic E-state index is 6.04. The van der Waals surface area contributed by atoms with E-state index < -0.39 is 0 Å². The highest BCUT2D eigenvalue weighted by atomic mass is 15.1. The molecule has 19 heavy (non-hydrogen) atoms. The first-order chi connectivity index (χ1) is 9.07. The molecule has 0 unspecified atom stereocenters. The third kappa shape index (κ3) is 2.67. The highest BCUT2D eigenvalue weighted by molar-refractivity contribution is 5.56. The lowest BCUT2D eigenvalue weighted by atomic mass is 9.83. The van der Waals surface area contributed by atoms with Crippen molar-refractivity contribution in [1.29, 1.82) is 0 Å². The molecule has 1 aromatic heterocycles. The van der Waals surface area contributed by atoms with Crippen molar-refractivity contribution in [2.75, 3.05) is 11.1 Å². The molecule has 104 valence electrons. The number of hydrogen-bond donors (Lipinski definition) is 2. The van der Waals surface area contributed by atoms with E-state index in [4.69, 9.17) is 10.7 Å². The van der Waals surface area contributed by atoms with Gasteiger partial charge in [-0.1, -0.05) is 19.3 Å². The summed E-state index contributed by atoms with van der Waals surface area (Å²) in [6, 6.07) is 0. The van der Waals surface area contributed by atoms with Gasteiger partial charge in [-0.2, -0.15) is 0 Å². The Morgan fingerprint density at radius 1 is 1.16 bits per heavy atom. The molecule has 0 aromatic carbocycles. The third-order valence-corrected chi connectivity index (χ3v) is 4.52. The summed E-state index contributed by atoms with van der Waals surface area (Å²) in [4.78, 5) is 9.17. The van der Waals surface area contributed by atoms with Crippen LogP contribution in [0.2, 0.25) is 0 Å². The minimum absolute atomic E-state index is 0.171. The van der Waals surface area contributed by atoms with Gasteiger partial charge in [-0.25, -0.2) is 9.97 Å². The Bertz CT molecular complexity index is 473. The van der Waals surface area contributed by atoms with Gasteiger partial charge >= 0.3 is 0 Å². The van der Waals surface area contributed by atoms with E-state index in [-0.39, 0.29) is 5.54 Å². The summed E-state index contributed by atoms with van der Waals surface area (Å²) in [5.41, 5.74) is 7.21. The van der Waals surface area contributed by atoms with Gasteiger partial charge in [-0.15, -0.1) is 0 Å². The lowest BCUT2D eigenvalue weighted by Crippen LogP contribution is -2.37. The summed E-state index contributed by atoms with van der Waals surface area (Å²) >= 11 is 0. The predicted octanol–water partition coefficient (Wildman–Crippen LogP) is 3.38. The summed E-state index contributed by atoms with van der Waals surface area (Å²) < 4.78 is 0. The topological polar surface area (TPSA) is 63.8 Å². The van der Waals surface area contributed by atoms with Crippen LogP contribution in [-0.2, 0) is 0 Å². The summed E-state index contributed by atoms with van der Waals surface area (Å²) in [5, 5.41) is 3.66. The molecule has 2 saturated carbocycles. The second kappa shape index (κ2) is 4.66. The average molecular weight is 260 g/mol. The SMILES string of the molecule is Cc1c(N)nc(C2CC2)nc1NC1(C)CCCCC1. The van der Waals surface area contributed by atoms with Gasteiger partial charge in [0.1, 0.15) is 17.5 Å². The maximum Gasteiger partial charge on any atom is 0.136 e. The van der Waals surface area contributed by atoms with Crippen molar-refractivity contribution in [3.05, 3.63) is 11.4 Å². The zero-order valence-corrected chi connectivity index (χ0v) is 12.0. The van der Waals surface area contributed by atoms with Crippen LogP contribution in [0.3, 0.4) is 0 Å². The smallest absolute Gasteiger partial charge is 0.136 e. The molecule has 0 spiro atoms. The Kier molecular flexibility index (Phi) is 3.11. The molecule has 1 heterocycles. The Hall–Kier alpha value is -1.32. The third-order valence-electron chi connectivity index (χ3n) is 4.52. The first kappa shape index (κ1) is 12.7. The lowest BCUT2D eigenvalue weighted by Gasteiger charge is -2.35. The minimum Gasteiger partial charge on any atom is -0.383 e. The highest BCUT2D eigenvalue weighted by Crippen LogP contribution is 2.40. The second-order valence-corrected chi connectivity index (χ2v) is 6.46. The van der Waals surface area contributed by atoms with Crippen molar-refractivity contribution in [3.63, 3.8) is 0 Å². The van der Waals surface area contributed by atoms with E-state index >= 15 is 0 Å². The van der Waals surface area contributed by atoms with Crippen molar-refractivity contribution in [1.82, 2.24) is 9.97 Å². The van der Waals surface area contributed by atoms with Crippen LogP contribution in [0, 0.1) is 6.92 Å². The number of aromatic nitrogens is 2. The van der Waals surface area contributed by atoms with Crippen LogP contribution in [0.15, 0.2) is 0 Å². The van der Waals surface area contributed by atoms with Crippen LogP contribution in [0.4, 0.5) is 11.6 Å². The number of nitrogens with two attached hydrogens (primary N) is 1. The minimum atomic E-state index is 0.171. The molecule has 0 radical (unpaired) electrons. The van der Waals surface area contributed by atoms with E-state index in [1.807, 2.05) is 6.92 Å². The molecule has 1 aromatic rings. The Labute approximate surface area is 115 Å². The summed E-state index contributed by atoms with van der Waals surface area (Å²) in [6.45, 7) is 4.32. The molecule has 2 aliphatic carbocycles. The van der Waals surface area contributed by atoms with E-state index in [0.717, 1.165) is 17.2 Å². The molecular formula is C15H24N4. The van der Waals surface area contributed by atoms with Crippen LogP contribution in [0.25, 0.3) is 0 Å². The summed E-state index contributed by atoms with van der Waals surface area (Å²) in [6.07, 6.45) is 8.81. The number of anilines is 2. The molecule has 0 amide bonds. The van der Waals surface area contributed by atoms with Crippen molar-refractivity contribution in [2.45, 2.75) is 70.3 Å². The van der Waals surface area contributed by atoms with Gasteiger partial charge in [0.05, 0.1) is 0 Å². The fraction of sp³-hybridized carbons (Fsp3) is 0.733. The van der Waals surface area contributed by atoms with E-state index in [2.05, 4.69) is 17.2 Å². The number of rotatable bonds is 3. The fourth-order valence-corrected chi connectivity index (χ4v) is 2.94. The molecular weight excluding hydrogens is 236 g/mol. The first-order valence-electron chi connectivity index (χ1n) is 7.50. The number of nitrogen functional groups attached to an aromatic ring is 1. The maximum atomic E-state index is 6.04. The van der Waals surface area contributed by atoms with Crippen molar-refractivity contribution in [2.24, 2.45) is 0 Å². The molecule has 2 aliphatic rings. The van der Waals surface area contributed by atoms with E-state index in [9.17, 15) is 0 Å². The normalized spacial score (nSPS) is 22.2. The van der Waals surface area contributed by atoms with Crippen LogP contribution in [-0.4, -0.2) is 15.5 Å². The predicted molar refractivity (Wildman–Crippen MR) is 78.3 cm³/mol. The first-order valence-corrected chi connectivity index (χ1v) is 7.50. The van der Waals surface area contributed by atoms with Crippen LogP contribution >= 0.6 is 0 Å². The number of hydrogen-bond acceptors (Lipinski definition) is 4. The number of nitrogens with one attached hydrogen (secondary N) is 1. The summed E-state index contributed by atoms with van der Waals surface area (Å²) in [5.74, 6) is 3.07. The van der Waals surface area contributed by atoms with Crippen LogP contribution in [0.5, 0.6) is 0 Å². The monoisotopic (exact) mass is 260 g/mol. The van der Waals surface area contributed by atoms with Crippen molar-refractivity contribution in [3.8, 4) is 0 Å². The molecule has 4 heteroatoms. The highest BCUT2D eigenvalue weighted by Gasteiger charge is 2.30. The Balaban J connectivity index is 1.86. The Morgan fingerprint density at radius 2 is 1.84 bits per heavy atom. The average Bonchev–Trinajstić information content (AvgIpc) is 3.19. The van der Waals surface area contributed by atoms with Crippen LogP contribution in [0.1, 0.15) is 69.2 Å². The number of nitrogens with zero attached hydrogens (tertiary/aromatic N) is 2. The van der Waals surface area contributed by atoms with Gasteiger partial charge in [0, 0.05) is 17.0 Å². The van der Waals surface area contributed by atoms with E-state index in [1.54, 1.807) is 0 Å². The van der Waals surface area contributed by atoms with Crippen molar-refractivity contribution >= 4 is 11.6 Å². The van der Waals surface area contributed by atoms with Gasteiger partial charge in [-0.3, -0.25) is 0 Å². The largest absolute Gasteiger partial charge is 0.383 e. The quantitative estimate of drug-likeness (QED) is 0.874. The molecule has 0 bridgehead atoms. The van der Waals surface area contributed by atoms with Gasteiger partial charge in [0.15, 0.2) is 0 Å². The summed E-state index contributed by atoms with van der Waals surface area (Å²) in [7, 11) is 0. The van der Waals surface area contributed by atoms with E-state index in [0.29, 0.717) is 11.7 Å². The fourth-order valence-electron chi connectivity index (χ4n) is 2.94. The lowest BCUT2D eigenvalue weighted by molar-refractivity contribution is 0.348. The zero-order chi connectivity index (χ0) is 13.5. The molecule has 2 fully saturated rings. The standard InChI is InChI=1S/C15H24N4/c1-10-12(16)17-14(11-6-7-11)18-13(10)19-15(2)8-4-3-5-9-15/h11H,3-9H2,1-2H3,(H3,16,17,18,19). The Morgan fingerprint density at radius 3 is 2.47 bits per heavy atom. The molecule has 4 nitrogen and oxygen atoms in total. The van der Waals surface area contributed by atoms with Crippen molar-refractivity contribution < 1.29 is 0 Å². The van der Waals surface area contributed by atoms with Gasteiger partial charge in [0.2, 0.25) is 0 Å². The van der Waals surface area contributed by atoms with Gasteiger partial charge in [0.25, 0.3) is 0 Å². The second-order valence-electron chi connectivity index (χ2n) is 6.46. The van der Waals surface area contributed by atoms with Gasteiger partial charge in [-0.05, 0) is 39.5 Å². The molecule has 3 N–H and O–H groups in total.